The molecule has 0 aliphatic carbocycles. The average molecular weight is 491 g/mol. The van der Waals surface area contributed by atoms with E-state index in [2.05, 4.69) is 20.4 Å². The predicted octanol–water partition coefficient (Wildman–Crippen LogP) is -1.96. The predicted molar refractivity (Wildman–Crippen MR) is 118 cm³/mol. The number of unbranched alkanes of at least 4 members (excludes halogenated alkanes) is 3. The number of ether oxygens (including phenoxy) is 3. The van der Waals surface area contributed by atoms with Gasteiger partial charge in [-0.15, -0.1) is 0 Å². The number of nitrogens with one attached hydrogen (secondary N) is 2. The van der Waals surface area contributed by atoms with E-state index in [-0.39, 0.29) is 6.54 Å². The van der Waals surface area contributed by atoms with Gasteiger partial charge in [-0.25, -0.2) is 14.6 Å². The Hall–Kier alpha value is -3.30. The van der Waals surface area contributed by atoms with Crippen molar-refractivity contribution in [3.05, 3.63) is 12.0 Å². The summed E-state index contributed by atoms with van der Waals surface area (Å²) in [7, 11) is 0. The number of carbonyl (C=O) groups is 3. The molecule has 0 aromatic heterocycles. The van der Waals surface area contributed by atoms with Crippen LogP contribution < -0.4 is 27.8 Å². The fraction of sp³-hybridized carbons (Fsp3) is 0.684. The summed E-state index contributed by atoms with van der Waals surface area (Å²) in [4.78, 5) is 39.1. The molecule has 2 amide bonds. The van der Waals surface area contributed by atoms with Crippen molar-refractivity contribution in [2.24, 2.45) is 22.2 Å². The SMILES string of the molecule is CC(=O)N[C@H]1[C@H]([C@H](OC(=O)NCCCCCCN)[C@H](O)CO)OC(OC(=O)O)=C[C@@H]1N=C(N)N. The van der Waals surface area contributed by atoms with E-state index in [1.807, 2.05) is 0 Å². The molecule has 15 nitrogen and oxygen atoms in total. The normalized spacial score (nSPS) is 21.2. The lowest BCUT2D eigenvalue weighted by atomic mass is 9.93. The number of nitrogens with zero attached hydrogens (tertiary/aromatic N) is 1. The number of guanidine groups is 1. The molecule has 5 atom stereocenters. The Morgan fingerprint density at radius 3 is 2.47 bits per heavy atom. The monoisotopic (exact) mass is 490 g/mol. The zero-order chi connectivity index (χ0) is 25.7. The third kappa shape index (κ3) is 10.1. The Labute approximate surface area is 196 Å². The van der Waals surface area contributed by atoms with Crippen LogP contribution >= 0.6 is 0 Å². The quantitative estimate of drug-likeness (QED) is 0.0605. The summed E-state index contributed by atoms with van der Waals surface area (Å²) in [5, 5.41) is 33.9. The van der Waals surface area contributed by atoms with E-state index in [9.17, 15) is 24.6 Å². The van der Waals surface area contributed by atoms with Crippen molar-refractivity contribution < 1.29 is 43.9 Å². The third-order valence-electron chi connectivity index (χ3n) is 4.67. The highest BCUT2D eigenvalue weighted by Crippen LogP contribution is 2.27. The Morgan fingerprint density at radius 1 is 1.24 bits per heavy atom. The van der Waals surface area contributed by atoms with Gasteiger partial charge in [0.05, 0.1) is 12.6 Å². The third-order valence-corrected chi connectivity index (χ3v) is 4.67. The van der Waals surface area contributed by atoms with Gasteiger partial charge in [-0.1, -0.05) is 12.8 Å². The summed E-state index contributed by atoms with van der Waals surface area (Å²) in [5.41, 5.74) is 16.3. The zero-order valence-corrected chi connectivity index (χ0v) is 18.9. The zero-order valence-electron chi connectivity index (χ0n) is 18.9. The molecule has 34 heavy (non-hydrogen) atoms. The van der Waals surface area contributed by atoms with Gasteiger partial charge in [0.2, 0.25) is 5.91 Å². The number of amides is 2. The van der Waals surface area contributed by atoms with Crippen LogP contribution in [0.4, 0.5) is 9.59 Å². The lowest BCUT2D eigenvalue weighted by Crippen LogP contribution is -2.61. The first-order valence-corrected chi connectivity index (χ1v) is 10.7. The number of nitrogens with two attached hydrogens (primary N) is 3. The van der Waals surface area contributed by atoms with Gasteiger partial charge >= 0.3 is 12.2 Å². The van der Waals surface area contributed by atoms with E-state index < -0.39 is 67.1 Å². The van der Waals surface area contributed by atoms with Crippen LogP contribution in [-0.2, 0) is 19.0 Å². The Morgan fingerprint density at radius 2 is 1.91 bits per heavy atom. The van der Waals surface area contributed by atoms with Crippen LogP contribution in [0.5, 0.6) is 0 Å². The topological polar surface area (TPSA) is 254 Å². The number of aliphatic hydroxyl groups excluding tert-OH is 2. The minimum Gasteiger partial charge on any atom is -0.455 e. The van der Waals surface area contributed by atoms with Crippen molar-refractivity contribution >= 4 is 24.1 Å². The van der Waals surface area contributed by atoms with Crippen molar-refractivity contribution in [3.8, 4) is 0 Å². The number of carboxylic acid groups (broad SMARTS) is 1. The molecule has 0 aromatic carbocycles. The maximum atomic E-state index is 12.4. The molecule has 0 saturated heterocycles. The number of hydrogen-bond donors (Lipinski definition) is 8. The number of alkyl carbamates (subject to hydrolysis) is 1. The lowest BCUT2D eigenvalue weighted by molar-refractivity contribution is -0.135. The Balaban J connectivity index is 3.13. The van der Waals surface area contributed by atoms with Crippen LogP contribution in [0.1, 0.15) is 32.6 Å². The summed E-state index contributed by atoms with van der Waals surface area (Å²) < 4.78 is 15.3. The standard InChI is InChI=1S/C19H34N6O9/c1-10(27)24-14-11(25-17(21)22)8-13(33-19(30)31)32-16(14)15(12(28)9-26)34-18(29)23-7-5-3-2-4-6-20/h8,11-12,14-16,26,28H,2-7,9,20H2,1H3,(H,23,29)(H,24,27)(H,30,31)(H4,21,22,25)/t11-,12+,14+,15+,16+/m0/s1. The highest BCUT2D eigenvalue weighted by molar-refractivity contribution is 5.77. The van der Waals surface area contributed by atoms with Gasteiger partial charge in [0.25, 0.3) is 5.95 Å². The molecule has 0 saturated carbocycles. The van der Waals surface area contributed by atoms with Gasteiger partial charge in [0, 0.05) is 19.5 Å². The molecule has 1 heterocycles. The second-order valence-electron chi connectivity index (χ2n) is 7.46. The number of carbonyl (C=O) groups excluding carboxylic acids is 2. The highest BCUT2D eigenvalue weighted by atomic mass is 16.8. The van der Waals surface area contributed by atoms with Crippen LogP contribution in [0.2, 0.25) is 0 Å². The highest BCUT2D eigenvalue weighted by Gasteiger charge is 2.46. The summed E-state index contributed by atoms with van der Waals surface area (Å²) in [6, 6.07) is -2.26. The largest absolute Gasteiger partial charge is 0.513 e. The molecule has 0 spiro atoms. The molecule has 194 valence electrons. The van der Waals surface area contributed by atoms with E-state index in [1.165, 1.54) is 6.92 Å². The van der Waals surface area contributed by atoms with Gasteiger partial charge in [-0.05, 0) is 19.4 Å². The number of aliphatic imine (C=N–C) groups is 1. The van der Waals surface area contributed by atoms with Gasteiger partial charge in [0.15, 0.2) is 18.2 Å². The number of aliphatic hydroxyl groups is 2. The first-order chi connectivity index (χ1) is 16.1. The van der Waals surface area contributed by atoms with E-state index in [4.69, 9.17) is 31.8 Å². The summed E-state index contributed by atoms with van der Waals surface area (Å²) in [6.07, 6.45) is -3.03. The summed E-state index contributed by atoms with van der Waals surface area (Å²) in [6.45, 7) is 1.19. The molecular formula is C19H34N6O9. The fourth-order valence-corrected chi connectivity index (χ4v) is 3.24. The first kappa shape index (κ1) is 28.7. The molecule has 1 aliphatic heterocycles. The number of rotatable bonds is 13. The minimum atomic E-state index is -1.72. The van der Waals surface area contributed by atoms with E-state index >= 15 is 0 Å². The minimum absolute atomic E-state index is 0.274. The van der Waals surface area contributed by atoms with Gasteiger partial charge in [0.1, 0.15) is 12.1 Å². The van der Waals surface area contributed by atoms with Crippen molar-refractivity contribution in [3.63, 3.8) is 0 Å². The van der Waals surface area contributed by atoms with Crippen LogP contribution in [0.15, 0.2) is 17.0 Å². The fourth-order valence-electron chi connectivity index (χ4n) is 3.24. The molecule has 0 radical (unpaired) electrons. The molecule has 0 unspecified atom stereocenters. The van der Waals surface area contributed by atoms with E-state index in [0.29, 0.717) is 13.0 Å². The average Bonchev–Trinajstić information content (AvgIpc) is 2.74. The van der Waals surface area contributed by atoms with Gasteiger partial charge < -0.3 is 57.4 Å². The molecule has 0 bridgehead atoms. The van der Waals surface area contributed by atoms with Gasteiger partial charge in [-0.2, -0.15) is 0 Å². The van der Waals surface area contributed by atoms with Crippen molar-refractivity contribution in [2.75, 3.05) is 19.7 Å². The van der Waals surface area contributed by atoms with Crippen LogP contribution in [0, 0.1) is 0 Å². The van der Waals surface area contributed by atoms with Crippen LogP contribution in [-0.4, -0.2) is 89.5 Å². The van der Waals surface area contributed by atoms with Crippen molar-refractivity contribution in [1.82, 2.24) is 10.6 Å². The van der Waals surface area contributed by atoms with Crippen molar-refractivity contribution in [2.45, 2.75) is 63.0 Å². The van der Waals surface area contributed by atoms with Crippen molar-refractivity contribution in [1.29, 1.82) is 0 Å². The maximum Gasteiger partial charge on any atom is 0.513 e. The second-order valence-corrected chi connectivity index (χ2v) is 7.46. The molecular weight excluding hydrogens is 456 g/mol. The van der Waals surface area contributed by atoms with E-state index in [1.54, 1.807) is 0 Å². The smallest absolute Gasteiger partial charge is 0.455 e. The molecule has 0 fully saturated rings. The lowest BCUT2D eigenvalue weighted by Gasteiger charge is -2.39. The maximum absolute atomic E-state index is 12.4. The Bertz CT molecular complexity index is 744. The van der Waals surface area contributed by atoms with Crippen LogP contribution in [0.25, 0.3) is 0 Å². The molecule has 11 N–H and O–H groups in total. The van der Waals surface area contributed by atoms with Gasteiger partial charge in [-0.3, -0.25) is 4.79 Å². The molecule has 1 rings (SSSR count). The molecule has 1 aliphatic rings. The summed E-state index contributed by atoms with van der Waals surface area (Å²) in [5.74, 6) is -1.53. The Kier molecular flexibility index (Phi) is 12.5. The van der Waals surface area contributed by atoms with Crippen LogP contribution in [0.3, 0.4) is 0 Å². The first-order valence-electron chi connectivity index (χ1n) is 10.7. The molecule has 15 heteroatoms. The van der Waals surface area contributed by atoms with E-state index in [0.717, 1.165) is 25.3 Å². The number of hydrogen-bond acceptors (Lipinski definition) is 10. The summed E-state index contributed by atoms with van der Waals surface area (Å²) >= 11 is 0. The molecule has 0 aromatic rings. The second kappa shape index (κ2) is 14.8.